The molecular weight excluding hydrogens is 176 g/mol. The van der Waals surface area contributed by atoms with E-state index in [1.54, 1.807) is 11.9 Å². The van der Waals surface area contributed by atoms with Crippen LogP contribution in [0.5, 0.6) is 0 Å². The van der Waals surface area contributed by atoms with Crippen LogP contribution in [-0.2, 0) is 13.0 Å². The number of hydrogen-bond donors (Lipinski definition) is 0. The van der Waals surface area contributed by atoms with E-state index in [1.807, 2.05) is 18.2 Å². The second-order valence-corrected chi connectivity index (χ2v) is 3.49. The van der Waals surface area contributed by atoms with Crippen molar-refractivity contribution in [3.8, 4) is 6.07 Å². The van der Waals surface area contributed by atoms with Crippen LogP contribution < -0.4 is 0 Å². The van der Waals surface area contributed by atoms with Gasteiger partial charge >= 0.3 is 0 Å². The van der Waals surface area contributed by atoms with Gasteiger partial charge in [-0.15, -0.1) is 0 Å². The molecule has 3 nitrogen and oxygen atoms in total. The van der Waals surface area contributed by atoms with Gasteiger partial charge in [-0.1, -0.05) is 12.1 Å². The molecule has 0 saturated carbocycles. The zero-order chi connectivity index (χ0) is 10.1. The Morgan fingerprint density at radius 1 is 1.57 bits per heavy atom. The topological polar surface area (TPSA) is 44.1 Å². The molecule has 0 fully saturated rings. The largest absolute Gasteiger partial charge is 0.337 e. The molecule has 1 heterocycles. The van der Waals surface area contributed by atoms with Gasteiger partial charge in [0.1, 0.15) is 0 Å². The highest BCUT2D eigenvalue weighted by Crippen LogP contribution is 2.22. The van der Waals surface area contributed by atoms with Crippen molar-refractivity contribution in [2.24, 2.45) is 0 Å². The van der Waals surface area contributed by atoms with E-state index in [2.05, 4.69) is 6.07 Å². The number of fused-ring (bicyclic) bond motifs is 1. The van der Waals surface area contributed by atoms with E-state index < -0.39 is 0 Å². The summed E-state index contributed by atoms with van der Waals surface area (Å²) in [5.74, 6) is 0.0554. The van der Waals surface area contributed by atoms with Crippen LogP contribution in [0.2, 0.25) is 0 Å². The summed E-state index contributed by atoms with van der Waals surface area (Å²) < 4.78 is 0. The number of amides is 1. The smallest absolute Gasteiger partial charge is 0.254 e. The number of nitriles is 1. The zero-order valence-electron chi connectivity index (χ0n) is 7.95. The Morgan fingerprint density at radius 3 is 3.07 bits per heavy atom. The highest BCUT2D eigenvalue weighted by Gasteiger charge is 2.23. The Kier molecular flexibility index (Phi) is 1.97. The van der Waals surface area contributed by atoms with Crippen molar-refractivity contribution in [1.29, 1.82) is 5.26 Å². The second kappa shape index (κ2) is 3.15. The first kappa shape index (κ1) is 8.76. The molecule has 1 aromatic carbocycles. The molecule has 70 valence electrons. The predicted octanol–water partition coefficient (Wildman–Crippen LogP) is 1.34. The lowest BCUT2D eigenvalue weighted by atomic mass is 10.0. The molecule has 2 rings (SSSR count). The van der Waals surface area contributed by atoms with Crippen molar-refractivity contribution in [3.05, 3.63) is 34.9 Å². The molecule has 0 aromatic heterocycles. The summed E-state index contributed by atoms with van der Waals surface area (Å²) in [6.07, 6.45) is 0.365. The molecule has 1 amide bonds. The molecule has 0 saturated heterocycles. The molecule has 1 aliphatic heterocycles. The van der Waals surface area contributed by atoms with E-state index in [4.69, 9.17) is 5.26 Å². The molecule has 0 atom stereocenters. The third kappa shape index (κ3) is 1.25. The van der Waals surface area contributed by atoms with Crippen LogP contribution >= 0.6 is 0 Å². The third-order valence-electron chi connectivity index (χ3n) is 2.44. The maximum Gasteiger partial charge on any atom is 0.254 e. The summed E-state index contributed by atoms with van der Waals surface area (Å²) in [5, 5.41) is 8.54. The number of hydrogen-bond acceptors (Lipinski definition) is 2. The van der Waals surface area contributed by atoms with Crippen LogP contribution in [0.25, 0.3) is 0 Å². The van der Waals surface area contributed by atoms with Crippen LogP contribution in [0.3, 0.4) is 0 Å². The molecule has 0 spiro atoms. The van der Waals surface area contributed by atoms with Crippen LogP contribution in [0, 0.1) is 11.3 Å². The quantitative estimate of drug-likeness (QED) is 0.664. The number of carbonyl (C=O) groups excluding carboxylic acids is 1. The minimum Gasteiger partial charge on any atom is -0.337 e. The number of rotatable bonds is 1. The second-order valence-electron chi connectivity index (χ2n) is 3.49. The highest BCUT2D eigenvalue weighted by atomic mass is 16.2. The van der Waals surface area contributed by atoms with Gasteiger partial charge in [0.15, 0.2) is 0 Å². The fourth-order valence-corrected chi connectivity index (χ4v) is 1.69. The molecule has 0 N–H and O–H groups in total. The Balaban J connectivity index is 2.42. The van der Waals surface area contributed by atoms with Gasteiger partial charge in [-0.05, 0) is 17.2 Å². The van der Waals surface area contributed by atoms with Crippen molar-refractivity contribution in [2.75, 3.05) is 7.05 Å². The Hall–Kier alpha value is -1.82. The Bertz CT molecular complexity index is 431. The van der Waals surface area contributed by atoms with Crippen molar-refractivity contribution in [2.45, 2.75) is 13.0 Å². The van der Waals surface area contributed by atoms with E-state index in [9.17, 15) is 4.79 Å². The monoisotopic (exact) mass is 186 g/mol. The third-order valence-corrected chi connectivity index (χ3v) is 2.44. The average Bonchev–Trinajstić information content (AvgIpc) is 2.45. The van der Waals surface area contributed by atoms with Crippen LogP contribution in [-0.4, -0.2) is 17.9 Å². The highest BCUT2D eigenvalue weighted by molar-refractivity contribution is 5.98. The first-order chi connectivity index (χ1) is 6.72. The maximum atomic E-state index is 11.6. The minimum absolute atomic E-state index is 0.0554. The first-order valence-electron chi connectivity index (χ1n) is 4.46. The van der Waals surface area contributed by atoms with E-state index in [0.29, 0.717) is 13.0 Å². The summed E-state index contributed by atoms with van der Waals surface area (Å²) in [6.45, 7) is 0.682. The molecule has 1 aromatic rings. The summed E-state index contributed by atoms with van der Waals surface area (Å²) in [7, 11) is 1.78. The van der Waals surface area contributed by atoms with Crippen LogP contribution in [0.1, 0.15) is 21.5 Å². The van der Waals surface area contributed by atoms with Crippen LogP contribution in [0.4, 0.5) is 0 Å². The van der Waals surface area contributed by atoms with Gasteiger partial charge in [-0.3, -0.25) is 4.79 Å². The summed E-state index contributed by atoms with van der Waals surface area (Å²) in [5.41, 5.74) is 2.72. The molecule has 14 heavy (non-hydrogen) atoms. The molecule has 0 aliphatic carbocycles. The molecule has 1 aliphatic rings. The van der Waals surface area contributed by atoms with Crippen LogP contribution in [0.15, 0.2) is 18.2 Å². The Labute approximate surface area is 82.6 Å². The summed E-state index contributed by atoms with van der Waals surface area (Å²) in [6, 6.07) is 7.75. The summed E-state index contributed by atoms with van der Waals surface area (Å²) in [4.78, 5) is 13.3. The molecular formula is C11H10N2O. The minimum atomic E-state index is 0.0554. The fraction of sp³-hybridized carbons (Fsp3) is 0.273. The molecule has 0 radical (unpaired) electrons. The van der Waals surface area contributed by atoms with Gasteiger partial charge in [-0.2, -0.15) is 5.26 Å². The number of benzene rings is 1. The normalized spacial score (nSPS) is 14.0. The van der Waals surface area contributed by atoms with Crippen molar-refractivity contribution in [3.63, 3.8) is 0 Å². The van der Waals surface area contributed by atoms with E-state index >= 15 is 0 Å². The van der Waals surface area contributed by atoms with E-state index in [-0.39, 0.29) is 5.91 Å². The maximum absolute atomic E-state index is 11.6. The van der Waals surface area contributed by atoms with Crippen molar-refractivity contribution >= 4 is 5.91 Å². The SMILES string of the molecule is CN1Cc2ccc(CC#N)cc2C1=O. The zero-order valence-corrected chi connectivity index (χ0v) is 7.95. The fourth-order valence-electron chi connectivity index (χ4n) is 1.69. The lowest BCUT2D eigenvalue weighted by molar-refractivity contribution is 0.0816. The van der Waals surface area contributed by atoms with Gasteiger partial charge in [0.25, 0.3) is 5.91 Å². The molecule has 3 heteroatoms. The van der Waals surface area contributed by atoms with E-state index in [0.717, 1.165) is 16.7 Å². The average molecular weight is 186 g/mol. The standard InChI is InChI=1S/C11H10N2O/c1-13-7-9-3-2-8(4-5-12)6-10(9)11(13)14/h2-3,6H,4,7H2,1H3. The lowest BCUT2D eigenvalue weighted by Gasteiger charge is -2.04. The first-order valence-corrected chi connectivity index (χ1v) is 4.46. The van der Waals surface area contributed by atoms with Gasteiger partial charge in [0.05, 0.1) is 12.5 Å². The van der Waals surface area contributed by atoms with Gasteiger partial charge in [0, 0.05) is 19.2 Å². The molecule has 0 unspecified atom stereocenters. The van der Waals surface area contributed by atoms with Gasteiger partial charge < -0.3 is 4.90 Å². The Morgan fingerprint density at radius 2 is 2.36 bits per heavy atom. The predicted molar refractivity (Wildman–Crippen MR) is 51.6 cm³/mol. The van der Waals surface area contributed by atoms with Crippen molar-refractivity contribution in [1.82, 2.24) is 4.90 Å². The van der Waals surface area contributed by atoms with Gasteiger partial charge in [0.2, 0.25) is 0 Å². The van der Waals surface area contributed by atoms with E-state index in [1.165, 1.54) is 0 Å². The lowest BCUT2D eigenvalue weighted by Crippen LogP contribution is -2.17. The molecule has 0 bridgehead atoms. The van der Waals surface area contributed by atoms with Crippen molar-refractivity contribution < 1.29 is 4.79 Å². The number of carbonyl (C=O) groups is 1. The number of nitrogens with zero attached hydrogens (tertiary/aromatic N) is 2. The summed E-state index contributed by atoms with van der Waals surface area (Å²) >= 11 is 0. The van der Waals surface area contributed by atoms with Gasteiger partial charge in [-0.25, -0.2) is 0 Å².